The van der Waals surface area contributed by atoms with Crippen LogP contribution in [0.2, 0.25) is 0 Å². The van der Waals surface area contributed by atoms with Gasteiger partial charge in [-0.05, 0) is 44.5 Å². The van der Waals surface area contributed by atoms with Crippen molar-refractivity contribution < 1.29 is 31.1 Å². The minimum absolute atomic E-state index is 0.00988. The van der Waals surface area contributed by atoms with Crippen LogP contribution in [0.1, 0.15) is 20.3 Å². The van der Waals surface area contributed by atoms with Crippen LogP contribution in [0.4, 0.5) is 8.78 Å². The molecule has 12 heteroatoms. The predicted octanol–water partition coefficient (Wildman–Crippen LogP) is 2.85. The fraction of sp³-hybridized carbons (Fsp3) is 0.500. The van der Waals surface area contributed by atoms with E-state index in [1.54, 1.807) is 11.8 Å². The molecule has 2 atom stereocenters. The van der Waals surface area contributed by atoms with Crippen LogP contribution >= 0.6 is 11.8 Å². The predicted molar refractivity (Wildman–Crippen MR) is 106 cm³/mol. The van der Waals surface area contributed by atoms with Crippen LogP contribution < -0.4 is 4.74 Å². The molecular weight excluding hydrogens is 440 g/mol. The summed E-state index contributed by atoms with van der Waals surface area (Å²) in [6.07, 6.45) is 0.440. The summed E-state index contributed by atoms with van der Waals surface area (Å²) in [7, 11) is -3.10. The third-order valence-electron chi connectivity index (χ3n) is 4.63. The maximum absolute atomic E-state index is 12.8. The third kappa shape index (κ3) is 5.48. The minimum atomic E-state index is -3.10. The van der Waals surface area contributed by atoms with E-state index in [1.807, 2.05) is 6.92 Å². The topological polar surface area (TPSA) is 103 Å². The Balaban J connectivity index is 1.64. The molecule has 1 aromatic carbocycles. The Labute approximate surface area is 176 Å². The normalized spacial score (nSPS) is 19.0. The number of halogens is 2. The standard InChI is InChI=1S/C18H21F2N3O5S2/c1-3-23(13-8-9-30(25,26)10-13)16(24)11(2)29-18-22-21-15(28-18)12-4-6-14(7-5-12)27-17(19)20/h4-7,11,13,17H,3,8-10H2,1-2H3/t11-,13-/m1/s1. The van der Waals surface area contributed by atoms with Crippen molar-refractivity contribution in [3.8, 4) is 17.2 Å². The average molecular weight is 462 g/mol. The first kappa shape index (κ1) is 22.5. The van der Waals surface area contributed by atoms with Crippen LogP contribution in [0.3, 0.4) is 0 Å². The fourth-order valence-electron chi connectivity index (χ4n) is 3.20. The van der Waals surface area contributed by atoms with E-state index < -0.39 is 21.7 Å². The lowest BCUT2D eigenvalue weighted by molar-refractivity contribution is -0.131. The highest BCUT2D eigenvalue weighted by Crippen LogP contribution is 2.29. The van der Waals surface area contributed by atoms with E-state index >= 15 is 0 Å². The zero-order valence-corrected chi connectivity index (χ0v) is 18.0. The number of alkyl halides is 2. The molecule has 0 spiro atoms. The molecule has 0 radical (unpaired) electrons. The highest BCUT2D eigenvalue weighted by Gasteiger charge is 2.35. The molecule has 1 aliphatic rings. The van der Waals surface area contributed by atoms with Crippen LogP contribution in [-0.4, -0.2) is 65.4 Å². The van der Waals surface area contributed by atoms with Gasteiger partial charge in [0.05, 0.1) is 16.8 Å². The average Bonchev–Trinajstić information content (AvgIpc) is 3.28. The van der Waals surface area contributed by atoms with E-state index in [0.717, 1.165) is 11.8 Å². The lowest BCUT2D eigenvalue weighted by atomic mass is 10.2. The number of amides is 1. The van der Waals surface area contributed by atoms with Crippen LogP contribution in [-0.2, 0) is 14.6 Å². The number of nitrogens with zero attached hydrogens (tertiary/aromatic N) is 3. The van der Waals surface area contributed by atoms with Crippen molar-refractivity contribution in [2.24, 2.45) is 0 Å². The zero-order chi connectivity index (χ0) is 21.9. The van der Waals surface area contributed by atoms with Crippen molar-refractivity contribution in [1.29, 1.82) is 0 Å². The van der Waals surface area contributed by atoms with E-state index in [9.17, 15) is 22.0 Å². The van der Waals surface area contributed by atoms with Gasteiger partial charge in [0.25, 0.3) is 5.22 Å². The Kier molecular flexibility index (Phi) is 6.96. The van der Waals surface area contributed by atoms with Gasteiger partial charge in [0.2, 0.25) is 11.8 Å². The largest absolute Gasteiger partial charge is 0.435 e. The SMILES string of the molecule is CCN(C(=O)[C@@H](C)Sc1nnc(-c2ccc(OC(F)F)cc2)o1)[C@@H]1CCS(=O)(=O)C1. The van der Waals surface area contributed by atoms with E-state index in [1.165, 1.54) is 24.3 Å². The van der Waals surface area contributed by atoms with Gasteiger partial charge in [-0.15, -0.1) is 10.2 Å². The Morgan fingerprint density at radius 2 is 2.03 bits per heavy atom. The van der Waals surface area contributed by atoms with Gasteiger partial charge in [0.15, 0.2) is 9.84 Å². The highest BCUT2D eigenvalue weighted by atomic mass is 32.2. The number of benzene rings is 1. The maximum atomic E-state index is 12.8. The van der Waals surface area contributed by atoms with Crippen LogP contribution in [0, 0.1) is 0 Å². The molecule has 3 rings (SSSR count). The lowest BCUT2D eigenvalue weighted by Crippen LogP contribution is -2.44. The van der Waals surface area contributed by atoms with Crippen molar-refractivity contribution in [2.75, 3.05) is 18.1 Å². The summed E-state index contributed by atoms with van der Waals surface area (Å²) in [5.41, 5.74) is 0.515. The molecule has 0 N–H and O–H groups in total. The molecule has 0 saturated carbocycles. The highest BCUT2D eigenvalue weighted by molar-refractivity contribution is 8.00. The number of hydrogen-bond acceptors (Lipinski definition) is 8. The van der Waals surface area contributed by atoms with Gasteiger partial charge in [-0.2, -0.15) is 8.78 Å². The molecule has 1 saturated heterocycles. The quantitative estimate of drug-likeness (QED) is 0.553. The number of carbonyl (C=O) groups is 1. The van der Waals surface area contributed by atoms with E-state index in [4.69, 9.17) is 4.42 Å². The molecular formula is C18H21F2N3O5S2. The first-order valence-electron chi connectivity index (χ1n) is 9.25. The van der Waals surface area contributed by atoms with E-state index in [2.05, 4.69) is 14.9 Å². The second-order valence-corrected chi connectivity index (χ2v) is 10.2. The summed E-state index contributed by atoms with van der Waals surface area (Å²) in [5.74, 6) is 0.0698. The molecule has 30 heavy (non-hydrogen) atoms. The molecule has 1 aromatic heterocycles. The summed E-state index contributed by atoms with van der Waals surface area (Å²) in [5, 5.41) is 7.46. The molecule has 1 fully saturated rings. The van der Waals surface area contributed by atoms with Gasteiger partial charge < -0.3 is 14.1 Å². The van der Waals surface area contributed by atoms with E-state index in [0.29, 0.717) is 18.5 Å². The van der Waals surface area contributed by atoms with Crippen molar-refractivity contribution in [2.45, 2.75) is 43.4 Å². The molecule has 2 heterocycles. The number of sulfone groups is 1. The molecule has 1 aliphatic heterocycles. The number of thioether (sulfide) groups is 1. The van der Waals surface area contributed by atoms with Crippen LogP contribution in [0.25, 0.3) is 11.5 Å². The van der Waals surface area contributed by atoms with Gasteiger partial charge in [0, 0.05) is 18.2 Å². The summed E-state index contributed by atoms with van der Waals surface area (Å²) in [4.78, 5) is 14.4. The Bertz CT molecular complexity index is 982. The lowest BCUT2D eigenvalue weighted by Gasteiger charge is -2.28. The van der Waals surface area contributed by atoms with Crippen molar-refractivity contribution in [1.82, 2.24) is 15.1 Å². The molecule has 2 aromatic rings. The monoisotopic (exact) mass is 461 g/mol. The third-order valence-corrected chi connectivity index (χ3v) is 7.30. The van der Waals surface area contributed by atoms with Crippen molar-refractivity contribution >= 4 is 27.5 Å². The van der Waals surface area contributed by atoms with Crippen molar-refractivity contribution in [3.05, 3.63) is 24.3 Å². The Morgan fingerprint density at radius 3 is 2.60 bits per heavy atom. The summed E-state index contributed by atoms with van der Waals surface area (Å²) in [6.45, 7) is 1.01. The summed E-state index contributed by atoms with van der Waals surface area (Å²) in [6, 6.07) is 5.42. The Morgan fingerprint density at radius 1 is 1.33 bits per heavy atom. The first-order valence-corrected chi connectivity index (χ1v) is 11.9. The molecule has 0 bridgehead atoms. The van der Waals surface area contributed by atoms with Gasteiger partial charge in [0.1, 0.15) is 5.75 Å². The van der Waals surface area contributed by atoms with E-state index in [-0.39, 0.29) is 40.3 Å². The van der Waals surface area contributed by atoms with Gasteiger partial charge in [-0.3, -0.25) is 4.79 Å². The molecule has 164 valence electrons. The number of aromatic nitrogens is 2. The molecule has 8 nitrogen and oxygen atoms in total. The number of hydrogen-bond donors (Lipinski definition) is 0. The molecule has 0 unspecified atom stereocenters. The number of ether oxygens (including phenoxy) is 1. The summed E-state index contributed by atoms with van der Waals surface area (Å²) < 4.78 is 57.8. The van der Waals surface area contributed by atoms with Gasteiger partial charge in [-0.1, -0.05) is 11.8 Å². The second kappa shape index (κ2) is 9.29. The minimum Gasteiger partial charge on any atom is -0.435 e. The van der Waals surface area contributed by atoms with Crippen LogP contribution in [0.5, 0.6) is 5.75 Å². The number of rotatable bonds is 8. The van der Waals surface area contributed by atoms with Gasteiger partial charge in [-0.25, -0.2) is 8.42 Å². The van der Waals surface area contributed by atoms with Crippen molar-refractivity contribution in [3.63, 3.8) is 0 Å². The summed E-state index contributed by atoms with van der Waals surface area (Å²) >= 11 is 1.08. The first-order chi connectivity index (χ1) is 14.2. The zero-order valence-electron chi connectivity index (χ0n) is 16.3. The number of carbonyl (C=O) groups excluding carboxylic acids is 1. The maximum Gasteiger partial charge on any atom is 0.387 e. The smallest absolute Gasteiger partial charge is 0.387 e. The molecule has 1 amide bonds. The molecule has 0 aliphatic carbocycles. The second-order valence-electron chi connectivity index (χ2n) is 6.72. The van der Waals surface area contributed by atoms with Gasteiger partial charge >= 0.3 is 6.61 Å². The fourth-order valence-corrected chi connectivity index (χ4v) is 5.69. The van der Waals surface area contributed by atoms with Crippen LogP contribution in [0.15, 0.2) is 33.9 Å². The Hall–Kier alpha value is -2.21.